The Morgan fingerprint density at radius 3 is 2.52 bits per heavy atom. The highest BCUT2D eigenvalue weighted by atomic mass is 16.1. The van der Waals surface area contributed by atoms with E-state index in [-0.39, 0.29) is 11.3 Å². The van der Waals surface area contributed by atoms with Gasteiger partial charge in [0.15, 0.2) is 0 Å². The molecule has 1 saturated carbocycles. The lowest BCUT2D eigenvalue weighted by Gasteiger charge is -2.23. The minimum absolute atomic E-state index is 0.107. The van der Waals surface area contributed by atoms with Crippen molar-refractivity contribution >= 4 is 11.6 Å². The minimum Gasteiger partial charge on any atom is -0.384 e. The molecular formula is C18H28N2O. The Hall–Kier alpha value is -1.51. The van der Waals surface area contributed by atoms with Gasteiger partial charge in [-0.15, -0.1) is 0 Å². The molecule has 3 nitrogen and oxygen atoms in total. The number of hydrogen-bond donors (Lipinski definition) is 2. The summed E-state index contributed by atoms with van der Waals surface area (Å²) in [4.78, 5) is 11.9. The van der Waals surface area contributed by atoms with Crippen LogP contribution in [0, 0.1) is 0 Å². The number of hydrogen-bond acceptors (Lipinski definition) is 2. The van der Waals surface area contributed by atoms with Crippen molar-refractivity contribution in [1.82, 2.24) is 5.32 Å². The predicted molar refractivity (Wildman–Crippen MR) is 88.6 cm³/mol. The van der Waals surface area contributed by atoms with Crippen LogP contribution in [0.1, 0.15) is 58.4 Å². The molecule has 116 valence electrons. The Balaban J connectivity index is 1.82. The van der Waals surface area contributed by atoms with E-state index in [0.717, 1.165) is 18.5 Å². The average molecular weight is 288 g/mol. The van der Waals surface area contributed by atoms with Crippen LogP contribution in [0.25, 0.3) is 0 Å². The summed E-state index contributed by atoms with van der Waals surface area (Å²) in [6, 6.07) is 8.77. The second kappa shape index (κ2) is 6.97. The van der Waals surface area contributed by atoms with E-state index in [1.165, 1.54) is 18.4 Å². The van der Waals surface area contributed by atoms with Gasteiger partial charge in [0.1, 0.15) is 0 Å². The fourth-order valence-corrected chi connectivity index (χ4v) is 2.97. The van der Waals surface area contributed by atoms with Crippen molar-refractivity contribution in [1.29, 1.82) is 0 Å². The second-order valence-corrected chi connectivity index (χ2v) is 7.02. The third kappa shape index (κ3) is 4.76. The van der Waals surface area contributed by atoms with E-state index in [4.69, 9.17) is 0 Å². The normalized spacial score (nSPS) is 16.0. The zero-order valence-corrected chi connectivity index (χ0v) is 13.5. The van der Waals surface area contributed by atoms with Gasteiger partial charge in [-0.3, -0.25) is 4.79 Å². The smallest absolute Gasteiger partial charge is 0.221 e. The summed E-state index contributed by atoms with van der Waals surface area (Å²) in [6.45, 7) is 7.31. The lowest BCUT2D eigenvalue weighted by atomic mass is 9.86. The molecule has 0 bridgehead atoms. The van der Waals surface area contributed by atoms with Crippen LogP contribution in [0.2, 0.25) is 0 Å². The highest BCUT2D eigenvalue weighted by Crippen LogP contribution is 2.29. The van der Waals surface area contributed by atoms with Crippen LogP contribution in [-0.4, -0.2) is 18.5 Å². The standard InChI is InChI=1S/C18H28N2O/c1-18(2,3)15-10-6-7-11-16(15)19-13-12-17(21)20-14-8-4-5-9-14/h6-7,10-11,14,19H,4-5,8-9,12-13H2,1-3H3,(H,20,21). The monoisotopic (exact) mass is 288 g/mol. The van der Waals surface area contributed by atoms with Crippen molar-refractivity contribution in [2.75, 3.05) is 11.9 Å². The van der Waals surface area contributed by atoms with E-state index >= 15 is 0 Å². The van der Waals surface area contributed by atoms with Gasteiger partial charge in [0.05, 0.1) is 0 Å². The highest BCUT2D eigenvalue weighted by molar-refractivity contribution is 5.76. The molecule has 0 radical (unpaired) electrons. The molecule has 1 aromatic carbocycles. The number of para-hydroxylation sites is 1. The van der Waals surface area contributed by atoms with E-state index in [0.29, 0.717) is 19.0 Å². The molecule has 1 aromatic rings. The van der Waals surface area contributed by atoms with Crippen molar-refractivity contribution in [3.8, 4) is 0 Å². The number of benzene rings is 1. The summed E-state index contributed by atoms with van der Waals surface area (Å²) in [7, 11) is 0. The zero-order valence-electron chi connectivity index (χ0n) is 13.5. The third-order valence-corrected chi connectivity index (χ3v) is 4.12. The molecule has 1 fully saturated rings. The largest absolute Gasteiger partial charge is 0.384 e. The molecule has 3 heteroatoms. The summed E-state index contributed by atoms with van der Waals surface area (Å²) in [5.74, 6) is 0.169. The van der Waals surface area contributed by atoms with Gasteiger partial charge in [-0.25, -0.2) is 0 Å². The van der Waals surface area contributed by atoms with Crippen LogP contribution >= 0.6 is 0 Å². The fourth-order valence-electron chi connectivity index (χ4n) is 2.97. The van der Waals surface area contributed by atoms with E-state index in [1.807, 2.05) is 6.07 Å². The summed E-state index contributed by atoms with van der Waals surface area (Å²) in [5, 5.41) is 6.55. The number of anilines is 1. The van der Waals surface area contributed by atoms with Gasteiger partial charge in [0, 0.05) is 24.7 Å². The molecule has 2 rings (SSSR count). The summed E-state index contributed by atoms with van der Waals surface area (Å²) >= 11 is 0. The lowest BCUT2D eigenvalue weighted by Crippen LogP contribution is -2.33. The van der Waals surface area contributed by atoms with Gasteiger partial charge < -0.3 is 10.6 Å². The molecular weight excluding hydrogens is 260 g/mol. The maximum absolute atomic E-state index is 11.9. The molecule has 1 aliphatic rings. The Morgan fingerprint density at radius 2 is 1.86 bits per heavy atom. The molecule has 0 aromatic heterocycles. The number of nitrogens with one attached hydrogen (secondary N) is 2. The van der Waals surface area contributed by atoms with Crippen LogP contribution in [-0.2, 0) is 10.2 Å². The highest BCUT2D eigenvalue weighted by Gasteiger charge is 2.18. The van der Waals surface area contributed by atoms with E-state index in [2.05, 4.69) is 49.6 Å². The van der Waals surface area contributed by atoms with Crippen LogP contribution in [0.15, 0.2) is 24.3 Å². The van der Waals surface area contributed by atoms with Gasteiger partial charge in [-0.05, 0) is 29.9 Å². The predicted octanol–water partition coefficient (Wildman–Crippen LogP) is 3.84. The number of carbonyl (C=O) groups is 1. The van der Waals surface area contributed by atoms with Crippen LogP contribution in [0.5, 0.6) is 0 Å². The number of carbonyl (C=O) groups excluding carboxylic acids is 1. The van der Waals surface area contributed by atoms with Gasteiger partial charge in [-0.1, -0.05) is 51.8 Å². The Morgan fingerprint density at radius 1 is 1.19 bits per heavy atom. The van der Waals surface area contributed by atoms with Gasteiger partial charge in [0.25, 0.3) is 0 Å². The maximum atomic E-state index is 11.9. The fraction of sp³-hybridized carbons (Fsp3) is 0.611. The quantitative estimate of drug-likeness (QED) is 0.864. The molecule has 2 N–H and O–H groups in total. The van der Waals surface area contributed by atoms with Gasteiger partial charge in [0.2, 0.25) is 5.91 Å². The molecule has 1 amide bonds. The SMILES string of the molecule is CC(C)(C)c1ccccc1NCCC(=O)NC1CCCC1. The molecule has 1 aliphatic carbocycles. The number of rotatable bonds is 5. The van der Waals surface area contributed by atoms with Gasteiger partial charge in [-0.2, -0.15) is 0 Å². The number of amides is 1. The molecule has 0 unspecified atom stereocenters. The molecule has 0 aliphatic heterocycles. The average Bonchev–Trinajstić information content (AvgIpc) is 2.91. The van der Waals surface area contributed by atoms with Crippen LogP contribution in [0.4, 0.5) is 5.69 Å². The maximum Gasteiger partial charge on any atom is 0.221 e. The molecule has 0 atom stereocenters. The van der Waals surface area contributed by atoms with Crippen molar-refractivity contribution < 1.29 is 4.79 Å². The first-order valence-electron chi connectivity index (χ1n) is 8.09. The minimum atomic E-state index is 0.107. The molecule has 0 spiro atoms. The molecule has 0 heterocycles. The van der Waals surface area contributed by atoms with Crippen molar-refractivity contribution in [3.63, 3.8) is 0 Å². The van der Waals surface area contributed by atoms with Crippen molar-refractivity contribution in [2.24, 2.45) is 0 Å². The topological polar surface area (TPSA) is 41.1 Å². The lowest BCUT2D eigenvalue weighted by molar-refractivity contribution is -0.121. The zero-order chi connectivity index (χ0) is 15.3. The first-order valence-corrected chi connectivity index (χ1v) is 8.09. The Labute approximate surface area is 128 Å². The van der Waals surface area contributed by atoms with E-state index < -0.39 is 0 Å². The summed E-state index contributed by atoms with van der Waals surface area (Å²) in [6.07, 6.45) is 5.33. The summed E-state index contributed by atoms with van der Waals surface area (Å²) < 4.78 is 0. The Bertz CT molecular complexity index is 470. The van der Waals surface area contributed by atoms with Crippen molar-refractivity contribution in [3.05, 3.63) is 29.8 Å². The first-order chi connectivity index (χ1) is 9.97. The second-order valence-electron chi connectivity index (χ2n) is 7.02. The van der Waals surface area contributed by atoms with E-state index in [1.54, 1.807) is 0 Å². The summed E-state index contributed by atoms with van der Waals surface area (Å²) in [5.41, 5.74) is 2.54. The van der Waals surface area contributed by atoms with E-state index in [9.17, 15) is 4.79 Å². The van der Waals surface area contributed by atoms with Crippen LogP contribution in [0.3, 0.4) is 0 Å². The molecule has 21 heavy (non-hydrogen) atoms. The molecule has 0 saturated heterocycles. The van der Waals surface area contributed by atoms with Crippen LogP contribution < -0.4 is 10.6 Å². The first kappa shape index (κ1) is 15.9. The Kier molecular flexibility index (Phi) is 5.27. The van der Waals surface area contributed by atoms with Gasteiger partial charge >= 0.3 is 0 Å². The third-order valence-electron chi connectivity index (χ3n) is 4.12. The van der Waals surface area contributed by atoms with Crippen molar-refractivity contribution in [2.45, 2.75) is 64.3 Å².